The van der Waals surface area contributed by atoms with Crippen molar-refractivity contribution in [1.82, 2.24) is 0 Å². The summed E-state index contributed by atoms with van der Waals surface area (Å²) in [7, 11) is 0. The van der Waals surface area contributed by atoms with Crippen LogP contribution >= 0.6 is 11.6 Å². The van der Waals surface area contributed by atoms with E-state index in [-0.39, 0.29) is 28.9 Å². The monoisotopic (exact) mass is 283 g/mol. The topological polar surface area (TPSA) is 46.6 Å². The van der Waals surface area contributed by atoms with Crippen molar-refractivity contribution in [2.45, 2.75) is 18.9 Å². The Morgan fingerprint density at radius 3 is 2.89 bits per heavy atom. The zero-order chi connectivity index (χ0) is 13.6. The number of carbonyl (C=O) groups excluding carboxylic acids is 2. The maximum atomic E-state index is 13.9. The van der Waals surface area contributed by atoms with Crippen LogP contribution in [0.5, 0.6) is 0 Å². The van der Waals surface area contributed by atoms with Crippen molar-refractivity contribution in [3.05, 3.63) is 28.5 Å². The zero-order valence-corrected chi connectivity index (χ0v) is 10.7. The van der Waals surface area contributed by atoms with Crippen molar-refractivity contribution in [3.63, 3.8) is 0 Å². The number of halogens is 2. The summed E-state index contributed by atoms with van der Waals surface area (Å²) in [5.41, 5.74) is -0.0531. The van der Waals surface area contributed by atoms with Gasteiger partial charge in [0, 0.05) is 6.61 Å². The molecule has 1 atom stereocenters. The second kappa shape index (κ2) is 4.58. The molecule has 1 aromatic carbocycles. The van der Waals surface area contributed by atoms with Crippen LogP contribution in [0, 0.1) is 5.82 Å². The molecule has 6 heteroatoms. The molecular formula is C13H11ClFNO3. The number of fused-ring (bicyclic) bond motifs is 1. The lowest BCUT2D eigenvalue weighted by Gasteiger charge is -2.20. The van der Waals surface area contributed by atoms with Gasteiger partial charge in [0.2, 0.25) is 0 Å². The fraction of sp³-hybridized carbons (Fsp3) is 0.385. The Bertz CT molecular complexity index is 569. The van der Waals surface area contributed by atoms with Crippen molar-refractivity contribution < 1.29 is 18.7 Å². The first-order chi connectivity index (χ1) is 9.09. The quantitative estimate of drug-likeness (QED) is 0.782. The largest absolute Gasteiger partial charge is 0.376 e. The van der Waals surface area contributed by atoms with Crippen LogP contribution < -0.4 is 4.90 Å². The summed E-state index contributed by atoms with van der Waals surface area (Å²) in [6.45, 7) is 0.820. The predicted molar refractivity (Wildman–Crippen MR) is 67.1 cm³/mol. The highest BCUT2D eigenvalue weighted by molar-refractivity contribution is 6.55. The van der Waals surface area contributed by atoms with E-state index in [1.54, 1.807) is 0 Å². The molecule has 2 aliphatic rings. The van der Waals surface area contributed by atoms with Crippen LogP contribution in [0.1, 0.15) is 23.2 Å². The lowest BCUT2D eigenvalue weighted by molar-refractivity contribution is -0.114. The van der Waals surface area contributed by atoms with Gasteiger partial charge in [-0.2, -0.15) is 0 Å². The van der Waals surface area contributed by atoms with E-state index < -0.39 is 17.5 Å². The average molecular weight is 284 g/mol. The first-order valence-corrected chi connectivity index (χ1v) is 6.43. The molecule has 0 saturated carbocycles. The summed E-state index contributed by atoms with van der Waals surface area (Å²) in [4.78, 5) is 25.0. The number of carbonyl (C=O) groups is 2. The van der Waals surface area contributed by atoms with E-state index >= 15 is 0 Å². The lowest BCUT2D eigenvalue weighted by Crippen LogP contribution is -2.36. The van der Waals surface area contributed by atoms with Gasteiger partial charge in [0.05, 0.1) is 28.9 Å². The van der Waals surface area contributed by atoms with Gasteiger partial charge in [0.1, 0.15) is 5.82 Å². The number of hydrogen-bond acceptors (Lipinski definition) is 3. The van der Waals surface area contributed by atoms with Crippen LogP contribution in [0.2, 0.25) is 5.02 Å². The third kappa shape index (κ3) is 1.93. The molecule has 19 heavy (non-hydrogen) atoms. The number of rotatable bonds is 2. The van der Waals surface area contributed by atoms with Gasteiger partial charge in [0.15, 0.2) is 0 Å². The zero-order valence-electron chi connectivity index (χ0n) is 9.99. The van der Waals surface area contributed by atoms with E-state index in [0.717, 1.165) is 23.8 Å². The molecule has 2 heterocycles. The molecule has 0 N–H and O–H groups in total. The molecule has 100 valence electrons. The highest BCUT2D eigenvalue weighted by atomic mass is 35.5. The minimum Gasteiger partial charge on any atom is -0.376 e. The van der Waals surface area contributed by atoms with Gasteiger partial charge in [-0.3, -0.25) is 14.5 Å². The second-order valence-corrected chi connectivity index (χ2v) is 5.04. The fourth-order valence-corrected chi connectivity index (χ4v) is 2.76. The Hall–Kier alpha value is -1.46. The van der Waals surface area contributed by atoms with E-state index in [1.807, 2.05) is 0 Å². The Labute approximate surface area is 114 Å². The van der Waals surface area contributed by atoms with Crippen LogP contribution in [-0.4, -0.2) is 30.9 Å². The summed E-state index contributed by atoms with van der Waals surface area (Å²) in [6, 6.07) is 2.45. The second-order valence-electron chi connectivity index (χ2n) is 4.63. The summed E-state index contributed by atoms with van der Waals surface area (Å²) in [5.74, 6) is -2.11. The van der Waals surface area contributed by atoms with Gasteiger partial charge in [-0.25, -0.2) is 4.39 Å². The molecular weight excluding hydrogens is 273 g/mol. The van der Waals surface area contributed by atoms with Gasteiger partial charge in [-0.1, -0.05) is 11.6 Å². The van der Waals surface area contributed by atoms with Gasteiger partial charge in [0.25, 0.3) is 11.7 Å². The van der Waals surface area contributed by atoms with Crippen LogP contribution in [-0.2, 0) is 9.53 Å². The Balaban J connectivity index is 2.01. The Morgan fingerprint density at radius 1 is 1.42 bits per heavy atom. The van der Waals surface area contributed by atoms with Crippen LogP contribution in [0.15, 0.2) is 12.1 Å². The molecule has 1 aromatic rings. The molecule has 1 saturated heterocycles. The van der Waals surface area contributed by atoms with Crippen molar-refractivity contribution in [2.24, 2.45) is 0 Å². The number of nitrogens with zero attached hydrogens (tertiary/aromatic N) is 1. The minimum absolute atomic E-state index is 0.0157. The molecule has 3 rings (SSSR count). The molecule has 1 amide bonds. The van der Waals surface area contributed by atoms with E-state index in [9.17, 15) is 14.0 Å². The van der Waals surface area contributed by atoms with Crippen LogP contribution in [0.4, 0.5) is 10.1 Å². The number of anilines is 1. The molecule has 1 fully saturated rings. The number of hydrogen-bond donors (Lipinski definition) is 0. The third-order valence-corrected chi connectivity index (χ3v) is 3.74. The van der Waals surface area contributed by atoms with Gasteiger partial charge in [-0.05, 0) is 25.0 Å². The summed E-state index contributed by atoms with van der Waals surface area (Å²) in [6.07, 6.45) is 1.56. The number of ether oxygens (including phenoxy) is 1. The first kappa shape index (κ1) is 12.6. The predicted octanol–water partition coefficient (Wildman–Crippen LogP) is 2.19. The van der Waals surface area contributed by atoms with E-state index in [2.05, 4.69) is 0 Å². The normalized spacial score (nSPS) is 22.2. The lowest BCUT2D eigenvalue weighted by atomic mass is 10.1. The minimum atomic E-state index is -0.752. The maximum absolute atomic E-state index is 13.9. The van der Waals surface area contributed by atoms with Crippen molar-refractivity contribution in [1.29, 1.82) is 0 Å². The highest BCUT2D eigenvalue weighted by Crippen LogP contribution is 2.37. The Kier molecular flexibility index (Phi) is 3.03. The molecule has 0 radical (unpaired) electrons. The third-order valence-electron chi connectivity index (χ3n) is 3.42. The SMILES string of the molecule is O=C1C(=O)N(CC2CCCO2)c2c(F)ccc(Cl)c21. The summed E-state index contributed by atoms with van der Waals surface area (Å²) < 4.78 is 19.3. The molecule has 0 aromatic heterocycles. The number of ketones is 1. The standard InChI is InChI=1S/C13H11ClFNO3/c14-8-3-4-9(15)11-10(8)12(17)13(18)16(11)6-7-2-1-5-19-7/h3-4,7H,1-2,5-6H2. The molecule has 1 unspecified atom stereocenters. The van der Waals surface area contributed by atoms with E-state index in [1.165, 1.54) is 6.07 Å². The van der Waals surface area contributed by atoms with Gasteiger partial charge >= 0.3 is 0 Å². The molecule has 0 spiro atoms. The van der Waals surface area contributed by atoms with Crippen LogP contribution in [0.3, 0.4) is 0 Å². The Morgan fingerprint density at radius 2 is 2.21 bits per heavy atom. The van der Waals surface area contributed by atoms with Crippen molar-refractivity contribution in [3.8, 4) is 0 Å². The first-order valence-electron chi connectivity index (χ1n) is 6.05. The smallest absolute Gasteiger partial charge is 0.299 e. The average Bonchev–Trinajstić information content (AvgIpc) is 2.97. The molecule has 0 aliphatic carbocycles. The van der Waals surface area contributed by atoms with Crippen molar-refractivity contribution in [2.75, 3.05) is 18.1 Å². The van der Waals surface area contributed by atoms with E-state index in [0.29, 0.717) is 6.61 Å². The molecule has 4 nitrogen and oxygen atoms in total. The molecule has 2 aliphatic heterocycles. The molecule has 0 bridgehead atoms. The number of amides is 1. The van der Waals surface area contributed by atoms with Gasteiger partial charge in [-0.15, -0.1) is 0 Å². The summed E-state index contributed by atoms with van der Waals surface area (Å²) in [5, 5.41) is 0.101. The van der Waals surface area contributed by atoms with Crippen molar-refractivity contribution >= 4 is 29.0 Å². The maximum Gasteiger partial charge on any atom is 0.299 e. The number of benzene rings is 1. The van der Waals surface area contributed by atoms with E-state index in [4.69, 9.17) is 16.3 Å². The summed E-state index contributed by atoms with van der Waals surface area (Å²) >= 11 is 5.89. The highest BCUT2D eigenvalue weighted by Gasteiger charge is 2.41. The van der Waals surface area contributed by atoms with Gasteiger partial charge < -0.3 is 4.74 Å². The number of Topliss-reactive ketones (excluding diaryl/α,β-unsaturated/α-hetero) is 1. The van der Waals surface area contributed by atoms with Crippen LogP contribution in [0.25, 0.3) is 0 Å². The fourth-order valence-electron chi connectivity index (χ4n) is 2.52.